The third-order valence-corrected chi connectivity index (χ3v) is 1.49. The Balaban J connectivity index is 3.28. The van der Waals surface area contributed by atoms with Gasteiger partial charge in [0.05, 0.1) is 0 Å². The van der Waals surface area contributed by atoms with Gasteiger partial charge in [-0.3, -0.25) is 4.79 Å². The third kappa shape index (κ3) is 1.45. The van der Waals surface area contributed by atoms with E-state index < -0.39 is 12.0 Å². The van der Waals surface area contributed by atoms with Crippen molar-refractivity contribution in [3.05, 3.63) is 33.7 Å². The molecule has 0 fully saturated rings. The van der Waals surface area contributed by atoms with Gasteiger partial charge in [-0.2, -0.15) is 0 Å². The number of hydrogen-bond acceptors (Lipinski definition) is 1. The number of H-pyrrole nitrogens is 1. The Bertz CT molecular complexity index is 306. The average molecular weight is 159 g/mol. The Morgan fingerprint density at radius 1 is 1.55 bits per heavy atom. The van der Waals surface area contributed by atoms with Crippen LogP contribution in [0.15, 0.2) is 17.1 Å². The Hall–Kier alpha value is -1.19. The third-order valence-electron chi connectivity index (χ3n) is 1.49. The summed E-state index contributed by atoms with van der Waals surface area (Å²) in [5, 5.41) is 0. The van der Waals surface area contributed by atoms with E-state index in [2.05, 4.69) is 4.98 Å². The van der Waals surface area contributed by atoms with Gasteiger partial charge < -0.3 is 4.98 Å². The highest BCUT2D eigenvalue weighted by Gasteiger charge is 2.10. The number of rotatable bonds is 1. The molecule has 11 heavy (non-hydrogen) atoms. The number of halogens is 2. The van der Waals surface area contributed by atoms with E-state index in [-0.39, 0.29) is 11.1 Å². The van der Waals surface area contributed by atoms with E-state index in [1.54, 1.807) is 0 Å². The lowest BCUT2D eigenvalue weighted by molar-refractivity contribution is 0.150. The van der Waals surface area contributed by atoms with Gasteiger partial charge in [-0.1, -0.05) is 0 Å². The molecule has 2 nitrogen and oxygen atoms in total. The molecule has 0 amide bonds. The van der Waals surface area contributed by atoms with E-state index in [4.69, 9.17) is 0 Å². The summed E-state index contributed by atoms with van der Waals surface area (Å²) in [5.41, 5.74) is -0.570. The summed E-state index contributed by atoms with van der Waals surface area (Å²) in [6.07, 6.45) is -1.35. The standard InChI is InChI=1S/C7H7F2NO/c1-4-5(6(8)9)2-3-10-7(4)11/h2-3,6H,1H3,(H,10,11). The van der Waals surface area contributed by atoms with Gasteiger partial charge in [0.1, 0.15) is 0 Å². The van der Waals surface area contributed by atoms with Crippen LogP contribution < -0.4 is 5.56 Å². The van der Waals surface area contributed by atoms with Crippen LogP contribution in [0.2, 0.25) is 0 Å². The van der Waals surface area contributed by atoms with Crippen molar-refractivity contribution in [1.82, 2.24) is 4.98 Å². The molecule has 0 unspecified atom stereocenters. The average Bonchev–Trinajstić information content (AvgIpc) is 1.94. The minimum absolute atomic E-state index is 0.0856. The second-order valence-electron chi connectivity index (χ2n) is 2.19. The molecule has 0 bridgehead atoms. The number of hydrogen-bond donors (Lipinski definition) is 1. The number of pyridine rings is 1. The van der Waals surface area contributed by atoms with Gasteiger partial charge in [0.25, 0.3) is 12.0 Å². The van der Waals surface area contributed by atoms with Gasteiger partial charge in [0.2, 0.25) is 0 Å². The molecule has 0 aliphatic carbocycles. The van der Waals surface area contributed by atoms with Crippen LogP contribution in [0, 0.1) is 6.92 Å². The molecular formula is C7H7F2NO. The summed E-state index contributed by atoms with van der Waals surface area (Å²) in [6, 6.07) is 1.21. The summed E-state index contributed by atoms with van der Waals surface area (Å²) in [6.45, 7) is 1.38. The van der Waals surface area contributed by atoms with Crippen LogP contribution in [0.3, 0.4) is 0 Å². The number of aromatic nitrogens is 1. The van der Waals surface area contributed by atoms with Crippen molar-refractivity contribution < 1.29 is 8.78 Å². The summed E-state index contributed by atoms with van der Waals surface area (Å²) in [5.74, 6) is 0. The van der Waals surface area contributed by atoms with Crippen molar-refractivity contribution in [2.75, 3.05) is 0 Å². The molecule has 0 aromatic carbocycles. The van der Waals surface area contributed by atoms with Crippen molar-refractivity contribution in [2.45, 2.75) is 13.3 Å². The highest BCUT2D eigenvalue weighted by Crippen LogP contribution is 2.18. The molecule has 0 spiro atoms. The zero-order chi connectivity index (χ0) is 8.43. The smallest absolute Gasteiger partial charge is 0.264 e. The molecule has 4 heteroatoms. The zero-order valence-corrected chi connectivity index (χ0v) is 5.90. The van der Waals surface area contributed by atoms with Gasteiger partial charge in [0, 0.05) is 17.3 Å². The Labute approximate surface area is 61.9 Å². The van der Waals surface area contributed by atoms with E-state index in [1.807, 2.05) is 0 Å². The van der Waals surface area contributed by atoms with Crippen LogP contribution >= 0.6 is 0 Å². The predicted octanol–water partition coefficient (Wildman–Crippen LogP) is 1.62. The van der Waals surface area contributed by atoms with Crippen molar-refractivity contribution in [2.24, 2.45) is 0 Å². The lowest BCUT2D eigenvalue weighted by Gasteiger charge is -2.00. The minimum Gasteiger partial charge on any atom is -0.329 e. The van der Waals surface area contributed by atoms with Crippen LogP contribution in [0.1, 0.15) is 17.6 Å². The van der Waals surface area contributed by atoms with Gasteiger partial charge in [0.15, 0.2) is 0 Å². The lowest BCUT2D eigenvalue weighted by atomic mass is 10.2. The first-order valence-electron chi connectivity index (χ1n) is 3.09. The van der Waals surface area contributed by atoms with E-state index in [0.29, 0.717) is 0 Å². The zero-order valence-electron chi connectivity index (χ0n) is 5.90. The van der Waals surface area contributed by atoms with Gasteiger partial charge >= 0.3 is 0 Å². The van der Waals surface area contributed by atoms with Crippen LogP contribution in [-0.2, 0) is 0 Å². The van der Waals surface area contributed by atoms with Crippen molar-refractivity contribution in [3.8, 4) is 0 Å². The van der Waals surface area contributed by atoms with Crippen LogP contribution in [-0.4, -0.2) is 4.98 Å². The summed E-state index contributed by atoms with van der Waals surface area (Å²) < 4.78 is 24.1. The molecule has 1 aromatic rings. The number of aromatic amines is 1. The Morgan fingerprint density at radius 3 is 2.64 bits per heavy atom. The van der Waals surface area contributed by atoms with Crippen LogP contribution in [0.4, 0.5) is 8.78 Å². The monoisotopic (exact) mass is 159 g/mol. The second-order valence-corrected chi connectivity index (χ2v) is 2.19. The first-order chi connectivity index (χ1) is 5.13. The fourth-order valence-corrected chi connectivity index (χ4v) is 0.808. The second kappa shape index (κ2) is 2.82. The summed E-state index contributed by atoms with van der Waals surface area (Å²) in [4.78, 5) is 13.1. The molecule has 0 saturated heterocycles. The molecule has 1 N–H and O–H groups in total. The van der Waals surface area contributed by atoms with E-state index in [0.717, 1.165) is 0 Å². The number of alkyl halides is 2. The maximum absolute atomic E-state index is 12.1. The highest BCUT2D eigenvalue weighted by molar-refractivity contribution is 5.22. The lowest BCUT2D eigenvalue weighted by Crippen LogP contribution is -2.11. The molecule has 1 heterocycles. The number of nitrogens with one attached hydrogen (secondary N) is 1. The quantitative estimate of drug-likeness (QED) is 0.663. The molecule has 0 aliphatic heterocycles. The molecule has 0 atom stereocenters. The van der Waals surface area contributed by atoms with Crippen LogP contribution in [0.5, 0.6) is 0 Å². The normalized spacial score (nSPS) is 10.5. The maximum atomic E-state index is 12.1. The molecule has 0 aliphatic rings. The summed E-state index contributed by atoms with van der Waals surface area (Å²) in [7, 11) is 0. The maximum Gasteiger partial charge on any atom is 0.264 e. The fourth-order valence-electron chi connectivity index (χ4n) is 0.808. The molecule has 1 rings (SSSR count). The highest BCUT2D eigenvalue weighted by atomic mass is 19.3. The minimum atomic E-state index is -2.57. The predicted molar refractivity (Wildman–Crippen MR) is 36.8 cm³/mol. The Kier molecular flexibility index (Phi) is 2.03. The van der Waals surface area contributed by atoms with Crippen molar-refractivity contribution >= 4 is 0 Å². The van der Waals surface area contributed by atoms with Crippen molar-refractivity contribution in [3.63, 3.8) is 0 Å². The van der Waals surface area contributed by atoms with Gasteiger partial charge in [-0.15, -0.1) is 0 Å². The first kappa shape index (κ1) is 7.91. The molecule has 1 aromatic heterocycles. The molecule has 60 valence electrons. The van der Waals surface area contributed by atoms with Crippen LogP contribution in [0.25, 0.3) is 0 Å². The molecule has 0 radical (unpaired) electrons. The van der Waals surface area contributed by atoms with E-state index in [9.17, 15) is 13.6 Å². The Morgan fingerprint density at radius 2 is 2.18 bits per heavy atom. The van der Waals surface area contributed by atoms with Gasteiger partial charge in [-0.05, 0) is 13.0 Å². The van der Waals surface area contributed by atoms with E-state index >= 15 is 0 Å². The largest absolute Gasteiger partial charge is 0.329 e. The summed E-state index contributed by atoms with van der Waals surface area (Å²) >= 11 is 0. The SMILES string of the molecule is Cc1c(C(F)F)cc[nH]c1=O. The van der Waals surface area contributed by atoms with Crippen molar-refractivity contribution in [1.29, 1.82) is 0 Å². The molecular weight excluding hydrogens is 152 g/mol. The fraction of sp³-hybridized carbons (Fsp3) is 0.286. The topological polar surface area (TPSA) is 32.9 Å². The molecule has 0 saturated carbocycles. The van der Waals surface area contributed by atoms with Gasteiger partial charge in [-0.25, -0.2) is 8.78 Å². The first-order valence-corrected chi connectivity index (χ1v) is 3.09. The van der Waals surface area contributed by atoms with E-state index in [1.165, 1.54) is 19.2 Å².